The lowest BCUT2D eigenvalue weighted by Gasteiger charge is -2.22. The molecular weight excluding hydrogens is 348 g/mol. The third-order valence-corrected chi connectivity index (χ3v) is 5.22. The summed E-state index contributed by atoms with van der Waals surface area (Å²) in [5.41, 5.74) is 1.81. The number of hydrogen-bond acceptors (Lipinski definition) is 5. The van der Waals surface area contributed by atoms with Gasteiger partial charge in [0, 0.05) is 18.2 Å². The zero-order chi connectivity index (χ0) is 19.3. The van der Waals surface area contributed by atoms with Crippen molar-refractivity contribution in [2.24, 2.45) is 5.92 Å². The molecule has 2 amide bonds. The van der Waals surface area contributed by atoms with Crippen molar-refractivity contribution in [1.82, 2.24) is 10.8 Å². The molecule has 3 atom stereocenters. The van der Waals surface area contributed by atoms with Crippen LogP contribution in [0.15, 0.2) is 24.3 Å². The standard InChI is InChI=1S/C20H24N2O5/c1-2-3-10-26-15-7-5-14(6-8-15)18(23)21-17-13-20(9-4-11-27-20)12-16(17)19(24)22-25/h5-8,16-17,25H,4,9-13H2,1H3,(H,21,23)(H,22,24)/t16-,17+,20+/m0/s1. The molecule has 1 aliphatic heterocycles. The molecule has 0 bridgehead atoms. The van der Waals surface area contributed by atoms with Crippen molar-refractivity contribution in [2.45, 2.75) is 44.2 Å². The fourth-order valence-corrected chi connectivity index (χ4v) is 3.90. The average molecular weight is 372 g/mol. The molecule has 0 unspecified atom stereocenters. The number of carbonyl (C=O) groups is 2. The molecule has 27 heavy (non-hydrogen) atoms. The van der Waals surface area contributed by atoms with E-state index in [1.54, 1.807) is 36.7 Å². The first-order chi connectivity index (χ1) is 13.1. The first-order valence-corrected chi connectivity index (χ1v) is 9.08. The van der Waals surface area contributed by atoms with Crippen LogP contribution in [0, 0.1) is 17.8 Å². The van der Waals surface area contributed by atoms with Gasteiger partial charge in [-0.2, -0.15) is 0 Å². The van der Waals surface area contributed by atoms with E-state index in [0.717, 1.165) is 12.8 Å². The average Bonchev–Trinajstić information content (AvgIpc) is 3.28. The Bertz CT molecular complexity index is 744. The molecule has 1 aromatic rings. The smallest absolute Gasteiger partial charge is 0.251 e. The minimum Gasteiger partial charge on any atom is -0.481 e. The largest absolute Gasteiger partial charge is 0.481 e. The maximum absolute atomic E-state index is 12.6. The first kappa shape index (κ1) is 19.2. The summed E-state index contributed by atoms with van der Waals surface area (Å²) in [5.74, 6) is 4.90. The van der Waals surface area contributed by atoms with Gasteiger partial charge in [-0.3, -0.25) is 14.8 Å². The van der Waals surface area contributed by atoms with Crippen LogP contribution >= 0.6 is 0 Å². The van der Waals surface area contributed by atoms with Gasteiger partial charge in [0.1, 0.15) is 12.4 Å². The van der Waals surface area contributed by atoms with Gasteiger partial charge in [0.15, 0.2) is 0 Å². The SMILES string of the molecule is CC#CCOc1ccc(C(=O)N[C@@H]2C[C@@]3(CCCO3)C[C@@H]2C(=O)NO)cc1. The second-order valence-corrected chi connectivity index (χ2v) is 6.95. The number of ether oxygens (including phenoxy) is 2. The molecule has 7 heteroatoms. The van der Waals surface area contributed by atoms with E-state index in [0.29, 0.717) is 37.4 Å². The molecule has 1 spiro atoms. The van der Waals surface area contributed by atoms with Crippen LogP contribution in [0.4, 0.5) is 0 Å². The first-order valence-electron chi connectivity index (χ1n) is 9.08. The Morgan fingerprint density at radius 1 is 1.33 bits per heavy atom. The van der Waals surface area contributed by atoms with Crippen LogP contribution in [-0.4, -0.2) is 41.9 Å². The van der Waals surface area contributed by atoms with Crippen LogP contribution in [0.25, 0.3) is 0 Å². The van der Waals surface area contributed by atoms with Gasteiger partial charge in [0.25, 0.3) is 5.91 Å². The number of amides is 2. The lowest BCUT2D eigenvalue weighted by atomic mass is 9.96. The van der Waals surface area contributed by atoms with E-state index < -0.39 is 17.9 Å². The summed E-state index contributed by atoms with van der Waals surface area (Å²) >= 11 is 0. The summed E-state index contributed by atoms with van der Waals surface area (Å²) in [6, 6.07) is 6.36. The van der Waals surface area contributed by atoms with Gasteiger partial charge in [0.05, 0.1) is 11.5 Å². The van der Waals surface area contributed by atoms with Gasteiger partial charge in [0.2, 0.25) is 5.91 Å². The lowest BCUT2D eigenvalue weighted by molar-refractivity contribution is -0.134. The molecule has 2 aliphatic rings. The van der Waals surface area contributed by atoms with Crippen molar-refractivity contribution in [3.05, 3.63) is 29.8 Å². The van der Waals surface area contributed by atoms with Gasteiger partial charge in [-0.15, -0.1) is 5.92 Å². The van der Waals surface area contributed by atoms with Crippen molar-refractivity contribution in [2.75, 3.05) is 13.2 Å². The number of hydrogen-bond donors (Lipinski definition) is 3. The van der Waals surface area contributed by atoms with E-state index in [-0.39, 0.29) is 11.5 Å². The van der Waals surface area contributed by atoms with E-state index in [1.807, 2.05) is 0 Å². The molecule has 1 saturated carbocycles. The summed E-state index contributed by atoms with van der Waals surface area (Å²) in [6.07, 6.45) is 2.86. The Balaban J connectivity index is 1.66. The van der Waals surface area contributed by atoms with Gasteiger partial charge in [-0.05, 0) is 56.9 Å². The molecule has 144 valence electrons. The quantitative estimate of drug-likeness (QED) is 0.415. The fraction of sp³-hybridized carbons (Fsp3) is 0.500. The molecule has 1 saturated heterocycles. The molecule has 1 heterocycles. The van der Waals surface area contributed by atoms with E-state index in [9.17, 15) is 9.59 Å². The van der Waals surface area contributed by atoms with Crippen molar-refractivity contribution in [1.29, 1.82) is 0 Å². The van der Waals surface area contributed by atoms with Crippen molar-refractivity contribution in [3.8, 4) is 17.6 Å². The number of carbonyl (C=O) groups excluding carboxylic acids is 2. The summed E-state index contributed by atoms with van der Waals surface area (Å²) in [6.45, 7) is 2.70. The van der Waals surface area contributed by atoms with Crippen molar-refractivity contribution < 1.29 is 24.3 Å². The third kappa shape index (κ3) is 4.41. The van der Waals surface area contributed by atoms with Gasteiger partial charge in [-0.25, -0.2) is 5.48 Å². The molecular formula is C20H24N2O5. The highest BCUT2D eigenvalue weighted by atomic mass is 16.5. The summed E-state index contributed by atoms with van der Waals surface area (Å²) in [4.78, 5) is 24.7. The van der Waals surface area contributed by atoms with Crippen LogP contribution < -0.4 is 15.5 Å². The highest BCUT2D eigenvalue weighted by molar-refractivity contribution is 5.95. The maximum atomic E-state index is 12.6. The normalized spacial score (nSPS) is 26.3. The predicted molar refractivity (Wildman–Crippen MR) is 97.2 cm³/mol. The molecule has 1 aliphatic carbocycles. The monoisotopic (exact) mass is 372 g/mol. The van der Waals surface area contributed by atoms with Gasteiger partial charge < -0.3 is 14.8 Å². The van der Waals surface area contributed by atoms with Gasteiger partial charge >= 0.3 is 0 Å². The van der Waals surface area contributed by atoms with Crippen LogP contribution in [0.3, 0.4) is 0 Å². The van der Waals surface area contributed by atoms with Gasteiger partial charge in [-0.1, -0.05) is 5.92 Å². The second-order valence-electron chi connectivity index (χ2n) is 6.95. The Kier molecular flexibility index (Phi) is 5.99. The molecule has 1 aromatic carbocycles. The minimum atomic E-state index is -0.521. The topological polar surface area (TPSA) is 96.9 Å². The Hall–Kier alpha value is -2.56. The highest BCUT2D eigenvalue weighted by Gasteiger charge is 2.51. The van der Waals surface area contributed by atoms with E-state index in [2.05, 4.69) is 17.2 Å². The van der Waals surface area contributed by atoms with E-state index in [4.69, 9.17) is 14.7 Å². The molecule has 7 nitrogen and oxygen atoms in total. The minimum absolute atomic E-state index is 0.273. The predicted octanol–water partition coefficient (Wildman–Crippen LogP) is 1.65. The number of benzene rings is 1. The Morgan fingerprint density at radius 2 is 2.11 bits per heavy atom. The fourth-order valence-electron chi connectivity index (χ4n) is 3.90. The van der Waals surface area contributed by atoms with Crippen LogP contribution in [0.1, 0.15) is 43.0 Å². The van der Waals surface area contributed by atoms with Crippen LogP contribution in [-0.2, 0) is 9.53 Å². The zero-order valence-corrected chi connectivity index (χ0v) is 15.3. The molecule has 0 aromatic heterocycles. The summed E-state index contributed by atoms with van der Waals surface area (Å²) in [5, 5.41) is 12.0. The van der Waals surface area contributed by atoms with Crippen LogP contribution in [0.5, 0.6) is 5.75 Å². The molecule has 2 fully saturated rings. The number of rotatable bonds is 5. The number of nitrogens with one attached hydrogen (secondary N) is 2. The Labute approximate surface area is 158 Å². The maximum Gasteiger partial charge on any atom is 0.251 e. The second kappa shape index (κ2) is 8.42. The molecule has 3 N–H and O–H groups in total. The molecule has 3 rings (SSSR count). The molecule has 0 radical (unpaired) electrons. The zero-order valence-electron chi connectivity index (χ0n) is 15.3. The summed E-state index contributed by atoms with van der Waals surface area (Å²) in [7, 11) is 0. The van der Waals surface area contributed by atoms with Crippen LogP contribution in [0.2, 0.25) is 0 Å². The Morgan fingerprint density at radius 3 is 2.74 bits per heavy atom. The third-order valence-electron chi connectivity index (χ3n) is 5.22. The lowest BCUT2D eigenvalue weighted by Crippen LogP contribution is -2.43. The van der Waals surface area contributed by atoms with E-state index in [1.165, 1.54) is 0 Å². The van der Waals surface area contributed by atoms with E-state index >= 15 is 0 Å². The summed E-state index contributed by atoms with van der Waals surface area (Å²) < 4.78 is 11.3. The van der Waals surface area contributed by atoms with Crippen molar-refractivity contribution >= 4 is 11.8 Å². The van der Waals surface area contributed by atoms with Crippen molar-refractivity contribution in [3.63, 3.8) is 0 Å². The highest BCUT2D eigenvalue weighted by Crippen LogP contribution is 2.44. The number of hydroxylamine groups is 1.